The molecule has 1 aromatic carbocycles. The summed E-state index contributed by atoms with van der Waals surface area (Å²) in [6, 6.07) is 13.4. The molecule has 8 nitrogen and oxygen atoms in total. The van der Waals surface area contributed by atoms with Gasteiger partial charge in [0.15, 0.2) is 0 Å². The van der Waals surface area contributed by atoms with Crippen LogP contribution in [0.5, 0.6) is 0 Å². The van der Waals surface area contributed by atoms with Gasteiger partial charge < -0.3 is 9.72 Å². The SMILES string of the molecule is Cc1cc(C)n2nc(C(=O)Nc3ccccc3-c3cn4cccc(C)c4n3)nc2n1. The highest BCUT2D eigenvalue weighted by Crippen LogP contribution is 2.28. The number of rotatable bonds is 3. The van der Waals surface area contributed by atoms with Crippen molar-refractivity contribution in [3.05, 3.63) is 77.6 Å². The smallest absolute Gasteiger partial charge is 0.295 e. The van der Waals surface area contributed by atoms with Crippen molar-refractivity contribution in [1.82, 2.24) is 29.0 Å². The Hall–Kier alpha value is -4.07. The van der Waals surface area contributed by atoms with Crippen LogP contribution in [-0.2, 0) is 0 Å². The molecule has 4 heterocycles. The second-order valence-electron chi connectivity index (χ2n) is 7.23. The summed E-state index contributed by atoms with van der Waals surface area (Å²) >= 11 is 0. The number of carbonyl (C=O) groups excluding carboxylic acids is 1. The summed E-state index contributed by atoms with van der Waals surface area (Å²) < 4.78 is 3.54. The zero-order valence-electron chi connectivity index (χ0n) is 16.8. The Morgan fingerprint density at radius 2 is 1.83 bits per heavy atom. The standard InChI is InChI=1S/C22H19N7O/c1-13-7-6-10-28-12-18(24-20(13)28)16-8-4-5-9-17(16)25-21(30)19-26-22-23-14(2)11-15(3)29(22)27-19/h4-12H,1-3H3,(H,25,30). The number of benzene rings is 1. The van der Waals surface area contributed by atoms with E-state index in [0.29, 0.717) is 11.5 Å². The zero-order valence-corrected chi connectivity index (χ0v) is 16.8. The van der Waals surface area contributed by atoms with Crippen LogP contribution in [0.4, 0.5) is 5.69 Å². The number of hydrogen-bond acceptors (Lipinski definition) is 5. The number of para-hydroxylation sites is 1. The lowest BCUT2D eigenvalue weighted by atomic mass is 10.1. The van der Waals surface area contributed by atoms with Crippen LogP contribution in [0.2, 0.25) is 0 Å². The van der Waals surface area contributed by atoms with Gasteiger partial charge in [-0.25, -0.2) is 14.5 Å². The fraction of sp³-hybridized carbons (Fsp3) is 0.136. The van der Waals surface area contributed by atoms with E-state index in [-0.39, 0.29) is 5.82 Å². The summed E-state index contributed by atoms with van der Waals surface area (Å²) in [5.74, 6) is 0.0727. The van der Waals surface area contributed by atoms with Gasteiger partial charge in [-0.05, 0) is 44.5 Å². The Balaban J connectivity index is 1.52. The first-order valence-corrected chi connectivity index (χ1v) is 9.56. The fourth-order valence-electron chi connectivity index (χ4n) is 3.54. The van der Waals surface area contributed by atoms with E-state index < -0.39 is 5.91 Å². The van der Waals surface area contributed by atoms with Gasteiger partial charge in [-0.2, -0.15) is 4.98 Å². The molecular formula is C22H19N7O. The van der Waals surface area contributed by atoms with Crippen LogP contribution in [0.3, 0.4) is 0 Å². The molecule has 0 unspecified atom stereocenters. The van der Waals surface area contributed by atoms with Gasteiger partial charge in [-0.15, -0.1) is 5.10 Å². The largest absolute Gasteiger partial charge is 0.319 e. The molecule has 0 aliphatic heterocycles. The monoisotopic (exact) mass is 397 g/mol. The molecule has 5 rings (SSSR count). The number of aromatic nitrogens is 6. The summed E-state index contributed by atoms with van der Waals surface area (Å²) in [6.07, 6.45) is 3.91. The van der Waals surface area contributed by atoms with Crippen LogP contribution in [0.15, 0.2) is 54.9 Å². The predicted molar refractivity (Wildman–Crippen MR) is 114 cm³/mol. The molecule has 0 aliphatic rings. The zero-order chi connectivity index (χ0) is 20.8. The van der Waals surface area contributed by atoms with E-state index in [1.54, 1.807) is 4.52 Å². The van der Waals surface area contributed by atoms with Crippen molar-refractivity contribution in [2.24, 2.45) is 0 Å². The van der Waals surface area contributed by atoms with Gasteiger partial charge in [-0.3, -0.25) is 4.79 Å². The molecule has 8 heteroatoms. The summed E-state index contributed by atoms with van der Waals surface area (Å²) in [6.45, 7) is 5.81. The van der Waals surface area contributed by atoms with E-state index in [9.17, 15) is 4.79 Å². The molecule has 0 spiro atoms. The second kappa shape index (κ2) is 6.77. The van der Waals surface area contributed by atoms with Crippen LogP contribution in [-0.4, -0.2) is 34.9 Å². The van der Waals surface area contributed by atoms with Crippen molar-refractivity contribution in [3.8, 4) is 11.3 Å². The van der Waals surface area contributed by atoms with Crippen LogP contribution < -0.4 is 5.32 Å². The highest BCUT2D eigenvalue weighted by Gasteiger charge is 2.18. The molecule has 1 amide bonds. The molecular weight excluding hydrogens is 378 g/mol. The number of pyridine rings is 1. The van der Waals surface area contributed by atoms with Gasteiger partial charge in [-0.1, -0.05) is 24.3 Å². The topological polar surface area (TPSA) is 89.5 Å². The van der Waals surface area contributed by atoms with Crippen LogP contribution in [0, 0.1) is 20.8 Å². The van der Waals surface area contributed by atoms with Crippen molar-refractivity contribution in [1.29, 1.82) is 0 Å². The molecule has 148 valence electrons. The Labute approximate surface area is 172 Å². The maximum absolute atomic E-state index is 12.9. The second-order valence-corrected chi connectivity index (χ2v) is 7.23. The van der Waals surface area contributed by atoms with Crippen LogP contribution in [0.1, 0.15) is 27.6 Å². The molecule has 5 aromatic rings. The first-order valence-electron chi connectivity index (χ1n) is 9.56. The van der Waals surface area contributed by atoms with E-state index in [1.165, 1.54) is 0 Å². The third-order valence-electron chi connectivity index (χ3n) is 4.95. The number of aryl methyl sites for hydroxylation is 3. The molecule has 0 radical (unpaired) electrons. The van der Waals surface area contributed by atoms with Gasteiger partial charge in [0.2, 0.25) is 5.82 Å². The highest BCUT2D eigenvalue weighted by atomic mass is 16.2. The average molecular weight is 397 g/mol. The van der Waals surface area contributed by atoms with E-state index in [2.05, 4.69) is 20.4 Å². The maximum atomic E-state index is 12.9. The molecule has 0 atom stereocenters. The maximum Gasteiger partial charge on any atom is 0.295 e. The minimum absolute atomic E-state index is 0.0665. The number of hydrogen-bond donors (Lipinski definition) is 1. The molecule has 0 aliphatic carbocycles. The van der Waals surface area contributed by atoms with Crippen molar-refractivity contribution >= 4 is 23.0 Å². The summed E-state index contributed by atoms with van der Waals surface area (Å²) in [5, 5.41) is 7.23. The number of anilines is 1. The van der Waals surface area contributed by atoms with E-state index >= 15 is 0 Å². The van der Waals surface area contributed by atoms with Gasteiger partial charge in [0.1, 0.15) is 5.65 Å². The summed E-state index contributed by atoms with van der Waals surface area (Å²) in [7, 11) is 0. The number of nitrogens with zero attached hydrogens (tertiary/aromatic N) is 6. The lowest BCUT2D eigenvalue weighted by Gasteiger charge is -2.07. The molecule has 0 saturated carbocycles. The van der Waals surface area contributed by atoms with Crippen LogP contribution >= 0.6 is 0 Å². The molecule has 30 heavy (non-hydrogen) atoms. The quantitative estimate of drug-likeness (QED) is 0.502. The summed E-state index contributed by atoms with van der Waals surface area (Å²) in [4.78, 5) is 26.3. The van der Waals surface area contributed by atoms with Crippen molar-refractivity contribution in [2.75, 3.05) is 5.32 Å². The Morgan fingerprint density at radius 3 is 2.67 bits per heavy atom. The number of nitrogens with one attached hydrogen (secondary N) is 1. The summed E-state index contributed by atoms with van der Waals surface area (Å²) in [5.41, 5.74) is 5.89. The first kappa shape index (κ1) is 18.0. The molecule has 0 bridgehead atoms. The lowest BCUT2D eigenvalue weighted by Crippen LogP contribution is -2.14. The Bertz CT molecular complexity index is 1430. The van der Waals surface area contributed by atoms with Crippen molar-refractivity contribution < 1.29 is 4.79 Å². The number of carbonyl (C=O) groups is 1. The lowest BCUT2D eigenvalue weighted by molar-refractivity contribution is 0.101. The molecule has 0 fully saturated rings. The minimum Gasteiger partial charge on any atom is -0.319 e. The van der Waals surface area contributed by atoms with Gasteiger partial charge in [0.05, 0.1) is 11.4 Å². The molecule has 0 saturated heterocycles. The van der Waals surface area contributed by atoms with Crippen molar-refractivity contribution in [2.45, 2.75) is 20.8 Å². The Kier molecular flexibility index (Phi) is 4.06. The number of fused-ring (bicyclic) bond motifs is 2. The number of amides is 1. The molecule has 1 N–H and O–H groups in total. The van der Waals surface area contributed by atoms with Gasteiger partial charge in [0.25, 0.3) is 11.7 Å². The van der Waals surface area contributed by atoms with Gasteiger partial charge >= 0.3 is 0 Å². The van der Waals surface area contributed by atoms with E-state index in [0.717, 1.165) is 33.9 Å². The average Bonchev–Trinajstić information content (AvgIpc) is 3.34. The number of imidazole rings is 1. The van der Waals surface area contributed by atoms with E-state index in [4.69, 9.17) is 4.98 Å². The third kappa shape index (κ3) is 2.98. The Morgan fingerprint density at radius 1 is 1.00 bits per heavy atom. The predicted octanol–water partition coefficient (Wildman–Crippen LogP) is 3.62. The molecule has 4 aromatic heterocycles. The fourth-order valence-corrected chi connectivity index (χ4v) is 3.54. The first-order chi connectivity index (χ1) is 14.5. The van der Waals surface area contributed by atoms with Crippen molar-refractivity contribution in [3.63, 3.8) is 0 Å². The highest BCUT2D eigenvalue weighted by molar-refractivity contribution is 6.04. The normalized spacial score (nSPS) is 11.3. The minimum atomic E-state index is -0.398. The van der Waals surface area contributed by atoms with E-state index in [1.807, 2.05) is 80.0 Å². The van der Waals surface area contributed by atoms with Crippen LogP contribution in [0.25, 0.3) is 22.7 Å². The third-order valence-corrected chi connectivity index (χ3v) is 4.95. The van der Waals surface area contributed by atoms with Gasteiger partial charge in [0, 0.05) is 29.3 Å².